The van der Waals surface area contributed by atoms with Crippen LogP contribution in [-0.2, 0) is 12.0 Å². The monoisotopic (exact) mass is 443 g/mol. The van der Waals surface area contributed by atoms with Gasteiger partial charge >= 0.3 is 0 Å². The third kappa shape index (κ3) is 4.63. The van der Waals surface area contributed by atoms with Crippen LogP contribution in [0.5, 0.6) is 0 Å². The second kappa shape index (κ2) is 9.04. The van der Waals surface area contributed by atoms with Crippen LogP contribution in [0.15, 0.2) is 29.3 Å². The first-order valence-electron chi connectivity index (χ1n) is 9.07. The van der Waals surface area contributed by atoms with Gasteiger partial charge < -0.3 is 15.7 Å². The quantitative estimate of drug-likeness (QED) is 0.380. The second-order valence-electron chi connectivity index (χ2n) is 6.86. The molecule has 0 bridgehead atoms. The molecule has 24 heavy (non-hydrogen) atoms. The maximum Gasteiger partial charge on any atom is 0.191 e. The molecule has 3 rings (SSSR count). The Kier molecular flexibility index (Phi) is 7.34. The smallest absolute Gasteiger partial charge is 0.191 e. The van der Waals surface area contributed by atoms with Crippen molar-refractivity contribution in [3.8, 4) is 0 Å². The van der Waals surface area contributed by atoms with Crippen LogP contribution in [0.25, 0.3) is 0 Å². The number of hydrogen-bond acceptors (Lipinski definition) is 2. The summed E-state index contributed by atoms with van der Waals surface area (Å²) in [6.45, 7) is 3.34. The first-order valence-corrected chi connectivity index (χ1v) is 9.07. The second-order valence-corrected chi connectivity index (χ2v) is 6.86. The molecular weight excluding hydrogens is 413 g/mol. The van der Waals surface area contributed by atoms with Crippen molar-refractivity contribution in [2.45, 2.75) is 63.5 Å². The predicted molar refractivity (Wildman–Crippen MR) is 110 cm³/mol. The van der Waals surface area contributed by atoms with E-state index in [-0.39, 0.29) is 24.0 Å². The fourth-order valence-corrected chi connectivity index (χ4v) is 3.80. The first-order chi connectivity index (χ1) is 11.2. The van der Waals surface area contributed by atoms with Gasteiger partial charge in [0.25, 0.3) is 0 Å². The lowest BCUT2D eigenvalue weighted by Gasteiger charge is -2.26. The standard InChI is InChI=1S/C19H29N3O.HI/c1-2-20-18(22-16-9-4-3-5-10-16)21-14-19(23)13-12-15-8-6-7-11-17(15)19;/h6-8,11,16,23H,2-5,9-10,12-14H2,1H3,(H2,20,21,22);1H. The maximum absolute atomic E-state index is 11.0. The van der Waals surface area contributed by atoms with E-state index >= 15 is 0 Å². The predicted octanol–water partition coefficient (Wildman–Crippen LogP) is 3.33. The van der Waals surface area contributed by atoms with E-state index in [1.807, 2.05) is 18.2 Å². The SMILES string of the molecule is CCNC(=NCC1(O)CCc2ccccc21)NC1CCCCC1.I. The van der Waals surface area contributed by atoms with Gasteiger partial charge in [0.15, 0.2) is 5.96 Å². The van der Waals surface area contributed by atoms with E-state index in [0.717, 1.165) is 30.9 Å². The number of aliphatic imine (C=N–C) groups is 1. The van der Waals surface area contributed by atoms with E-state index in [4.69, 9.17) is 4.99 Å². The maximum atomic E-state index is 11.0. The van der Waals surface area contributed by atoms with Crippen LogP contribution in [0, 0.1) is 0 Å². The summed E-state index contributed by atoms with van der Waals surface area (Å²) in [6.07, 6.45) is 8.09. The highest BCUT2D eigenvalue weighted by Gasteiger charge is 2.36. The van der Waals surface area contributed by atoms with Gasteiger partial charge in [-0.3, -0.25) is 0 Å². The molecular formula is C19H30IN3O. The molecule has 134 valence electrons. The molecule has 1 atom stereocenters. The Balaban J connectivity index is 0.00000208. The zero-order chi connectivity index (χ0) is 16.1. The van der Waals surface area contributed by atoms with Gasteiger partial charge in [-0.25, -0.2) is 4.99 Å². The largest absolute Gasteiger partial charge is 0.383 e. The Morgan fingerprint density at radius 2 is 2.00 bits per heavy atom. The third-order valence-electron chi connectivity index (χ3n) is 5.12. The molecule has 1 saturated carbocycles. The first kappa shape index (κ1) is 19.5. The zero-order valence-electron chi connectivity index (χ0n) is 14.6. The molecule has 2 aliphatic carbocycles. The van der Waals surface area contributed by atoms with Gasteiger partial charge in [0.1, 0.15) is 5.60 Å². The summed E-state index contributed by atoms with van der Waals surface area (Å²) in [5.74, 6) is 0.845. The average molecular weight is 443 g/mol. The van der Waals surface area contributed by atoms with Gasteiger partial charge in [-0.05, 0) is 43.7 Å². The van der Waals surface area contributed by atoms with E-state index in [1.165, 1.54) is 37.7 Å². The molecule has 0 amide bonds. The number of aliphatic hydroxyl groups is 1. The Bertz CT molecular complexity index is 557. The highest BCUT2D eigenvalue weighted by molar-refractivity contribution is 14.0. The Hall–Kier alpha value is -0.820. The zero-order valence-corrected chi connectivity index (χ0v) is 16.9. The van der Waals surface area contributed by atoms with Crippen molar-refractivity contribution in [3.63, 3.8) is 0 Å². The van der Waals surface area contributed by atoms with Crippen LogP contribution >= 0.6 is 24.0 Å². The molecule has 0 aromatic heterocycles. The highest BCUT2D eigenvalue weighted by Crippen LogP contribution is 2.36. The van der Waals surface area contributed by atoms with E-state index in [0.29, 0.717) is 12.6 Å². The molecule has 1 unspecified atom stereocenters. The fourth-order valence-electron chi connectivity index (χ4n) is 3.80. The molecule has 0 heterocycles. The topological polar surface area (TPSA) is 56.7 Å². The van der Waals surface area contributed by atoms with E-state index in [1.54, 1.807) is 0 Å². The van der Waals surface area contributed by atoms with Crippen LogP contribution in [0.4, 0.5) is 0 Å². The molecule has 4 nitrogen and oxygen atoms in total. The summed E-state index contributed by atoms with van der Waals surface area (Å²) < 4.78 is 0. The number of nitrogens with zero attached hydrogens (tertiary/aromatic N) is 1. The number of guanidine groups is 1. The molecule has 1 aromatic carbocycles. The van der Waals surface area contributed by atoms with Crippen molar-refractivity contribution in [1.29, 1.82) is 0 Å². The van der Waals surface area contributed by atoms with Gasteiger partial charge in [0.2, 0.25) is 0 Å². The molecule has 2 aliphatic rings. The summed E-state index contributed by atoms with van der Waals surface area (Å²) in [5, 5.41) is 17.9. The van der Waals surface area contributed by atoms with Crippen molar-refractivity contribution in [3.05, 3.63) is 35.4 Å². The van der Waals surface area contributed by atoms with Gasteiger partial charge in [-0.1, -0.05) is 43.5 Å². The Morgan fingerprint density at radius 1 is 1.25 bits per heavy atom. The molecule has 0 radical (unpaired) electrons. The molecule has 1 aromatic rings. The summed E-state index contributed by atoms with van der Waals surface area (Å²) in [7, 11) is 0. The van der Waals surface area contributed by atoms with E-state index in [2.05, 4.69) is 23.6 Å². The van der Waals surface area contributed by atoms with Gasteiger partial charge in [0.05, 0.1) is 6.54 Å². The van der Waals surface area contributed by atoms with E-state index < -0.39 is 5.60 Å². The van der Waals surface area contributed by atoms with Crippen LogP contribution in [0.2, 0.25) is 0 Å². The lowest BCUT2D eigenvalue weighted by molar-refractivity contribution is 0.0485. The van der Waals surface area contributed by atoms with Crippen molar-refractivity contribution in [1.82, 2.24) is 10.6 Å². The summed E-state index contributed by atoms with van der Waals surface area (Å²) >= 11 is 0. The number of hydrogen-bond donors (Lipinski definition) is 3. The van der Waals surface area contributed by atoms with E-state index in [9.17, 15) is 5.11 Å². The van der Waals surface area contributed by atoms with Crippen LogP contribution in [-0.4, -0.2) is 30.2 Å². The number of halogens is 1. The number of rotatable bonds is 4. The normalized spacial score (nSPS) is 24.2. The average Bonchev–Trinajstić information content (AvgIpc) is 2.92. The Labute approximate surface area is 162 Å². The number of fused-ring (bicyclic) bond motifs is 1. The lowest BCUT2D eigenvalue weighted by Crippen LogP contribution is -2.45. The lowest BCUT2D eigenvalue weighted by atomic mass is 9.95. The molecule has 1 fully saturated rings. The molecule has 5 heteroatoms. The van der Waals surface area contributed by atoms with Gasteiger partial charge in [0, 0.05) is 12.6 Å². The summed E-state index contributed by atoms with van der Waals surface area (Å²) in [4.78, 5) is 4.70. The minimum atomic E-state index is -0.814. The van der Waals surface area contributed by atoms with Crippen LogP contribution < -0.4 is 10.6 Å². The Morgan fingerprint density at radius 3 is 2.75 bits per heavy atom. The number of nitrogens with one attached hydrogen (secondary N) is 2. The fraction of sp³-hybridized carbons (Fsp3) is 0.632. The van der Waals surface area contributed by atoms with Crippen molar-refractivity contribution in [2.75, 3.05) is 13.1 Å². The van der Waals surface area contributed by atoms with Gasteiger partial charge in [-0.15, -0.1) is 24.0 Å². The summed E-state index contributed by atoms with van der Waals surface area (Å²) in [6, 6.07) is 8.72. The molecule has 0 aliphatic heterocycles. The van der Waals surface area contributed by atoms with Crippen molar-refractivity contribution in [2.24, 2.45) is 4.99 Å². The van der Waals surface area contributed by atoms with Crippen molar-refractivity contribution >= 4 is 29.9 Å². The minimum absolute atomic E-state index is 0. The molecule has 0 saturated heterocycles. The van der Waals surface area contributed by atoms with Crippen LogP contribution in [0.3, 0.4) is 0 Å². The molecule has 3 N–H and O–H groups in total. The summed E-state index contributed by atoms with van der Waals surface area (Å²) in [5.41, 5.74) is 1.50. The highest BCUT2D eigenvalue weighted by atomic mass is 127. The van der Waals surface area contributed by atoms with Crippen molar-refractivity contribution < 1.29 is 5.11 Å². The number of benzene rings is 1. The van der Waals surface area contributed by atoms with Gasteiger partial charge in [-0.2, -0.15) is 0 Å². The third-order valence-corrected chi connectivity index (χ3v) is 5.12. The molecule has 0 spiro atoms. The minimum Gasteiger partial charge on any atom is -0.383 e. The van der Waals surface area contributed by atoms with Crippen LogP contribution in [0.1, 0.15) is 56.6 Å². The number of aryl methyl sites for hydroxylation is 1.